The van der Waals surface area contributed by atoms with E-state index in [0.29, 0.717) is 73.0 Å². The molecule has 0 bridgehead atoms. The van der Waals surface area contributed by atoms with Gasteiger partial charge in [-0.1, -0.05) is 10.4 Å². The van der Waals surface area contributed by atoms with E-state index in [2.05, 4.69) is 81.2 Å². The van der Waals surface area contributed by atoms with Crippen LogP contribution in [-0.2, 0) is 35.5 Å². The summed E-state index contributed by atoms with van der Waals surface area (Å²) in [5.41, 5.74) is 14.0. The number of methoxy groups -OCH3 is 2. The number of Topliss-reactive ketones (excluding diaryl/α,β-unsaturated/α-hetero) is 1. The third kappa shape index (κ3) is 11.9. The molecule has 2 aromatic carbocycles. The number of carbonyl (C=O) groups excluding carboxylic acids is 1. The normalized spacial score (nSPS) is 15.8. The van der Waals surface area contributed by atoms with Gasteiger partial charge in [0.2, 0.25) is 0 Å². The summed E-state index contributed by atoms with van der Waals surface area (Å²) in [6.45, 7) is 2.83. The number of ketones is 1. The Morgan fingerprint density at radius 3 is 1.54 bits per heavy atom. The molecule has 2 aliphatic heterocycles. The van der Waals surface area contributed by atoms with Crippen molar-refractivity contribution in [3.63, 3.8) is 0 Å². The highest BCUT2D eigenvalue weighted by atomic mass is 19.1. The minimum atomic E-state index is -1.11. The molecule has 2 unspecified atom stereocenters. The van der Waals surface area contributed by atoms with E-state index in [1.165, 1.54) is 83.2 Å². The molecular formula is C55H57F2N19O9. The topological polar surface area (TPSA) is 341 Å². The summed E-state index contributed by atoms with van der Waals surface area (Å²) < 4.78 is 59.1. The number of aromatic carboxylic acids is 1. The number of benzene rings is 2. The van der Waals surface area contributed by atoms with Crippen LogP contribution < -0.4 is 15.2 Å². The van der Waals surface area contributed by atoms with Crippen molar-refractivity contribution >= 4 is 23.0 Å². The number of rotatable bonds is 20. The molecule has 28 nitrogen and oxygen atoms in total. The number of tetrazole rings is 2. The first-order valence-electron chi connectivity index (χ1n) is 27.3. The van der Waals surface area contributed by atoms with Crippen molar-refractivity contribution in [1.29, 1.82) is 0 Å². The summed E-state index contributed by atoms with van der Waals surface area (Å²) in [4.78, 5) is 33.5. The molecule has 4 fully saturated rings. The highest BCUT2D eigenvalue weighted by Gasteiger charge is 2.34. The van der Waals surface area contributed by atoms with Gasteiger partial charge in [0, 0.05) is 71.8 Å². The van der Waals surface area contributed by atoms with E-state index in [1.807, 2.05) is 21.2 Å². The number of ether oxygens (including phenoxy) is 4. The summed E-state index contributed by atoms with van der Waals surface area (Å²) in [5.74, 6) is -1.03. The van der Waals surface area contributed by atoms with Gasteiger partial charge in [-0.15, -0.1) is 20.4 Å². The number of hydrogen-bond donors (Lipinski definition) is 4. The molecule has 2 saturated carbocycles. The molecule has 4 aliphatic rings. The number of nitrogens with two attached hydrogens (primary N) is 1. The summed E-state index contributed by atoms with van der Waals surface area (Å²) in [6, 6.07) is 10.4. The molecule has 2 atom stereocenters. The largest absolute Gasteiger partial charge is 0.494 e. The number of carbonyl (C=O) groups is 2. The van der Waals surface area contributed by atoms with Crippen LogP contribution in [0.1, 0.15) is 122 Å². The van der Waals surface area contributed by atoms with Gasteiger partial charge in [0.05, 0.1) is 101 Å². The molecule has 0 amide bonds. The summed E-state index contributed by atoms with van der Waals surface area (Å²) in [6.07, 6.45) is 17.1. The van der Waals surface area contributed by atoms with Crippen molar-refractivity contribution in [2.24, 2.45) is 17.6 Å². The van der Waals surface area contributed by atoms with E-state index in [9.17, 15) is 24.2 Å². The third-order valence-electron chi connectivity index (χ3n) is 15.3. The predicted octanol–water partition coefficient (Wildman–Crippen LogP) is 3.97. The van der Waals surface area contributed by atoms with E-state index in [4.69, 9.17) is 34.8 Å². The van der Waals surface area contributed by atoms with Crippen LogP contribution >= 0.6 is 0 Å². The maximum absolute atomic E-state index is 15.1. The molecule has 10 aromatic rings. The number of aliphatic hydroxyl groups excluding tert-OH is 2. The zero-order valence-corrected chi connectivity index (χ0v) is 45.9. The molecule has 10 heterocycles. The van der Waals surface area contributed by atoms with Crippen molar-refractivity contribution in [3.05, 3.63) is 154 Å². The van der Waals surface area contributed by atoms with Crippen molar-refractivity contribution in [3.8, 4) is 22.9 Å². The fraction of sp³-hybridized carbons (Fsp3) is 0.382. The van der Waals surface area contributed by atoms with Crippen molar-refractivity contribution in [1.82, 2.24) is 89.2 Å². The number of carboxylic acid groups (broad SMARTS) is 1. The van der Waals surface area contributed by atoms with Crippen molar-refractivity contribution in [2.45, 2.75) is 82.2 Å². The number of nitrogens with zero attached hydrogens (tertiary/aromatic N) is 18. The number of imidazole rings is 2. The third-order valence-corrected chi connectivity index (χ3v) is 15.3. The molecular weight excluding hydrogens is 1110 g/mol. The number of fused-ring (bicyclic) bond motifs is 2. The van der Waals surface area contributed by atoms with Crippen LogP contribution in [0.5, 0.6) is 11.5 Å². The van der Waals surface area contributed by atoms with Gasteiger partial charge >= 0.3 is 5.97 Å². The smallest absolute Gasteiger partial charge is 0.358 e. The Kier molecular flexibility index (Phi) is 15.9. The number of pyridine rings is 2. The molecule has 14 rings (SSSR count). The predicted molar refractivity (Wildman–Crippen MR) is 290 cm³/mol. The van der Waals surface area contributed by atoms with E-state index < -0.39 is 29.8 Å². The van der Waals surface area contributed by atoms with Crippen LogP contribution in [0, 0.1) is 23.5 Å². The lowest BCUT2D eigenvalue weighted by molar-refractivity contribution is -0.0922. The number of carboxylic acids is 1. The summed E-state index contributed by atoms with van der Waals surface area (Å²) in [7, 11) is 2.78. The van der Waals surface area contributed by atoms with Gasteiger partial charge in [0.15, 0.2) is 34.6 Å². The van der Waals surface area contributed by atoms with Crippen LogP contribution in [0.3, 0.4) is 0 Å². The Balaban J connectivity index is 0.000000140. The molecule has 30 heteroatoms. The highest BCUT2D eigenvalue weighted by molar-refractivity contribution is 5.94. The lowest BCUT2D eigenvalue weighted by atomic mass is 9.93. The molecule has 2 aliphatic carbocycles. The lowest BCUT2D eigenvalue weighted by Crippen LogP contribution is -2.33. The Hall–Kier alpha value is -9.36. The number of hydrogen-bond acceptors (Lipinski definition) is 21. The molecule has 0 spiro atoms. The standard InChI is InChI=1S/C28H28FN9O4.C18H19N5O4.C9H10FN5O/c1-41-25-7-5-23(38-15-30-33-35-38)20(26(25)29)4-6-24(39)22-12-37(34-32-22)11-19-10-36-9-17(16-2-3-16)8-21(28(36)31-19)27(40)18-13-42-14-18;24-16(12-8-27-9-12)14-3-11(10-1-2-10)4-22-5-13(19-17(14)22)6-23-7-15(18(25)26)20-21-23;1-16-8-3-2-7(6(4-11)9(8)10)15-5-12-13-14-15/h5,7-10,12,15-16,18,27,40H,2-4,6,11,13-14H2,1H3;3-5,7,10,12,16,24H,1-2,6,8-9H2,(H,25,26);2-3,5H,4,11H2,1H3. The first kappa shape index (κ1) is 56.1. The zero-order valence-electron chi connectivity index (χ0n) is 45.9. The van der Waals surface area contributed by atoms with Crippen LogP contribution in [0.25, 0.3) is 22.7 Å². The molecule has 8 aromatic heterocycles. The number of aromatic nitrogens is 18. The molecule has 440 valence electrons. The maximum atomic E-state index is 15.1. The van der Waals surface area contributed by atoms with Gasteiger partial charge in [-0.2, -0.15) is 0 Å². The summed E-state index contributed by atoms with van der Waals surface area (Å²) in [5, 5.41) is 68.2. The van der Waals surface area contributed by atoms with E-state index >= 15 is 4.39 Å². The maximum Gasteiger partial charge on any atom is 0.358 e. The monoisotopic (exact) mass is 1170 g/mol. The zero-order chi connectivity index (χ0) is 58.9. The first-order chi connectivity index (χ1) is 41.3. The fourth-order valence-corrected chi connectivity index (χ4v) is 10.2. The van der Waals surface area contributed by atoms with Gasteiger partial charge in [-0.25, -0.2) is 42.3 Å². The van der Waals surface area contributed by atoms with Crippen molar-refractivity contribution < 1.29 is 52.6 Å². The van der Waals surface area contributed by atoms with Crippen molar-refractivity contribution in [2.75, 3.05) is 40.6 Å². The minimum Gasteiger partial charge on any atom is -0.494 e. The number of halogens is 2. The lowest BCUT2D eigenvalue weighted by Gasteiger charge is -2.31. The SMILES string of the molecule is COc1ccc(-n2cnnn2)c(CCC(=O)c2cn(Cc3cn4cc(C5CC5)cc(C(O)C5COC5)c4n3)nn2)c1F.COc1ccc(-n2cnnn2)c(CN)c1F.O=C(O)c1cn(Cc2cn3cc(C4CC4)cc(C(O)C4COC4)c3n2)nn1. The van der Waals surface area contributed by atoms with E-state index in [1.54, 1.807) is 23.0 Å². The molecule has 2 saturated heterocycles. The Bertz CT molecular complexity index is 4020. The van der Waals surface area contributed by atoms with Gasteiger partial charge in [-0.3, -0.25) is 4.79 Å². The van der Waals surface area contributed by atoms with Gasteiger partial charge in [0.25, 0.3) is 0 Å². The number of aliphatic hydroxyl groups is 2. The Morgan fingerprint density at radius 1 is 0.659 bits per heavy atom. The molecule has 5 N–H and O–H groups in total. The van der Waals surface area contributed by atoms with Crippen LogP contribution in [0.4, 0.5) is 8.78 Å². The second-order valence-corrected chi connectivity index (χ2v) is 21.1. The highest BCUT2D eigenvalue weighted by Crippen LogP contribution is 2.44. The average Bonchev–Trinajstić information content (AvgIpc) is 2.43. The van der Waals surface area contributed by atoms with Crippen LogP contribution in [0.15, 0.2) is 86.2 Å². The van der Waals surface area contributed by atoms with E-state index in [-0.39, 0.29) is 72.0 Å². The van der Waals surface area contributed by atoms with Gasteiger partial charge in [-0.05, 0) is 112 Å². The van der Waals surface area contributed by atoms with E-state index in [0.717, 1.165) is 35.4 Å². The second kappa shape index (κ2) is 24.1. The minimum absolute atomic E-state index is 0.0116. The van der Waals surface area contributed by atoms with Crippen LogP contribution in [-0.4, -0.2) is 157 Å². The Labute approximate surface area is 480 Å². The average molecular weight is 1170 g/mol. The van der Waals surface area contributed by atoms with Gasteiger partial charge < -0.3 is 48.8 Å². The van der Waals surface area contributed by atoms with Gasteiger partial charge in [0.1, 0.15) is 29.6 Å². The second-order valence-electron chi connectivity index (χ2n) is 21.1. The molecule has 85 heavy (non-hydrogen) atoms. The molecule has 0 radical (unpaired) electrons. The quantitative estimate of drug-likeness (QED) is 0.0784. The Morgan fingerprint density at radius 2 is 1.13 bits per heavy atom. The van der Waals surface area contributed by atoms with Crippen LogP contribution in [0.2, 0.25) is 0 Å². The fourth-order valence-electron chi connectivity index (χ4n) is 10.2. The summed E-state index contributed by atoms with van der Waals surface area (Å²) >= 11 is 0. The first-order valence-corrected chi connectivity index (χ1v) is 27.3.